The van der Waals surface area contributed by atoms with E-state index in [0.717, 1.165) is 18.9 Å². The van der Waals surface area contributed by atoms with E-state index in [1.807, 2.05) is 18.2 Å². The minimum absolute atomic E-state index is 0.107. The minimum Gasteiger partial charge on any atom is -0.371 e. The maximum Gasteiger partial charge on any atom is 0.208 e. The first-order valence-electron chi connectivity index (χ1n) is 11.5. The first kappa shape index (κ1) is 21.4. The SMILES string of the molecule is O=S(=O)(c1ccccc1)c1cccc(N(CC2CO2)CC2CO2)c1N(CC1CO1)CC1CO1. The molecule has 2 aromatic carbocycles. The molecule has 0 aliphatic carbocycles. The van der Waals surface area contributed by atoms with Crippen molar-refractivity contribution in [1.82, 2.24) is 0 Å². The summed E-state index contributed by atoms with van der Waals surface area (Å²) in [5, 5.41) is 0. The maximum atomic E-state index is 13.8. The van der Waals surface area contributed by atoms with Crippen LogP contribution in [0.5, 0.6) is 0 Å². The van der Waals surface area contributed by atoms with Gasteiger partial charge in [0.15, 0.2) is 0 Å². The van der Waals surface area contributed by atoms with Gasteiger partial charge >= 0.3 is 0 Å². The smallest absolute Gasteiger partial charge is 0.208 e. The molecule has 33 heavy (non-hydrogen) atoms. The molecule has 4 saturated heterocycles. The third-order valence-corrected chi connectivity index (χ3v) is 8.08. The van der Waals surface area contributed by atoms with Crippen molar-refractivity contribution < 1.29 is 27.4 Å². The molecule has 4 fully saturated rings. The predicted octanol–water partition coefficient (Wildman–Crippen LogP) is 1.73. The molecule has 0 saturated carbocycles. The highest BCUT2D eigenvalue weighted by Crippen LogP contribution is 2.41. The van der Waals surface area contributed by atoms with Crippen LogP contribution in [0.15, 0.2) is 58.3 Å². The number of rotatable bonds is 12. The summed E-state index contributed by atoms with van der Waals surface area (Å²) in [6, 6.07) is 14.2. The predicted molar refractivity (Wildman–Crippen MR) is 122 cm³/mol. The van der Waals surface area contributed by atoms with Crippen molar-refractivity contribution >= 4 is 21.2 Å². The highest BCUT2D eigenvalue weighted by Gasteiger charge is 2.38. The normalized spacial score (nSPS) is 27.2. The molecular weight excluding hydrogens is 444 g/mol. The van der Waals surface area contributed by atoms with Gasteiger partial charge in [0, 0.05) is 26.2 Å². The summed E-state index contributed by atoms with van der Waals surface area (Å²) >= 11 is 0. The van der Waals surface area contributed by atoms with Crippen LogP contribution in [0.25, 0.3) is 0 Å². The molecule has 2 aromatic rings. The van der Waals surface area contributed by atoms with Crippen LogP contribution in [0.4, 0.5) is 11.4 Å². The monoisotopic (exact) mass is 472 g/mol. The van der Waals surface area contributed by atoms with Crippen molar-refractivity contribution in [3.63, 3.8) is 0 Å². The molecule has 6 rings (SSSR count). The van der Waals surface area contributed by atoms with Gasteiger partial charge in [0.2, 0.25) is 9.84 Å². The second kappa shape index (κ2) is 8.56. The second-order valence-corrected chi connectivity index (χ2v) is 11.0. The Hall–Kier alpha value is -2.17. The summed E-state index contributed by atoms with van der Waals surface area (Å²) < 4.78 is 49.8. The van der Waals surface area contributed by atoms with Gasteiger partial charge < -0.3 is 28.7 Å². The molecule has 9 heteroatoms. The number of ether oxygens (including phenoxy) is 4. The van der Waals surface area contributed by atoms with Crippen LogP contribution in [-0.2, 0) is 28.8 Å². The zero-order valence-corrected chi connectivity index (χ0v) is 19.2. The summed E-state index contributed by atoms with van der Waals surface area (Å²) in [4.78, 5) is 4.97. The van der Waals surface area contributed by atoms with Crippen molar-refractivity contribution in [3.05, 3.63) is 48.5 Å². The fourth-order valence-electron chi connectivity index (χ4n) is 4.23. The first-order valence-corrected chi connectivity index (χ1v) is 13.0. The molecule has 0 amide bonds. The molecule has 0 radical (unpaired) electrons. The molecule has 4 aliphatic heterocycles. The van der Waals surface area contributed by atoms with Gasteiger partial charge in [-0.1, -0.05) is 24.3 Å². The van der Waals surface area contributed by atoms with E-state index in [-0.39, 0.29) is 29.3 Å². The Labute approximate surface area is 193 Å². The van der Waals surface area contributed by atoms with Crippen molar-refractivity contribution in [1.29, 1.82) is 0 Å². The number of anilines is 2. The Morgan fingerprint density at radius 3 is 1.64 bits per heavy atom. The molecule has 4 heterocycles. The van der Waals surface area contributed by atoms with Crippen molar-refractivity contribution in [3.8, 4) is 0 Å². The van der Waals surface area contributed by atoms with E-state index in [4.69, 9.17) is 18.9 Å². The number of epoxide rings is 4. The number of para-hydroxylation sites is 1. The zero-order valence-electron chi connectivity index (χ0n) is 18.3. The topological polar surface area (TPSA) is 90.7 Å². The average Bonchev–Trinajstić information content (AvgIpc) is 3.62. The number of nitrogens with zero attached hydrogens (tertiary/aromatic N) is 2. The van der Waals surface area contributed by atoms with E-state index in [2.05, 4.69) is 9.80 Å². The lowest BCUT2D eigenvalue weighted by Gasteiger charge is -2.33. The number of hydrogen-bond acceptors (Lipinski definition) is 8. The number of hydrogen-bond donors (Lipinski definition) is 0. The van der Waals surface area contributed by atoms with Crippen LogP contribution in [0.1, 0.15) is 0 Å². The number of benzene rings is 2. The molecule has 0 aromatic heterocycles. The summed E-state index contributed by atoms with van der Waals surface area (Å²) in [6.07, 6.45) is 0.545. The highest BCUT2D eigenvalue weighted by molar-refractivity contribution is 7.91. The van der Waals surface area contributed by atoms with Gasteiger partial charge in [0.05, 0.1) is 72.0 Å². The Morgan fingerprint density at radius 1 is 0.667 bits per heavy atom. The van der Waals surface area contributed by atoms with E-state index in [9.17, 15) is 8.42 Å². The van der Waals surface area contributed by atoms with Gasteiger partial charge in [-0.2, -0.15) is 0 Å². The minimum atomic E-state index is -3.74. The van der Waals surface area contributed by atoms with E-state index in [1.165, 1.54) is 0 Å². The van der Waals surface area contributed by atoms with Crippen LogP contribution in [0.2, 0.25) is 0 Å². The van der Waals surface area contributed by atoms with E-state index < -0.39 is 9.84 Å². The molecule has 4 aliphatic rings. The van der Waals surface area contributed by atoms with Gasteiger partial charge in [0.25, 0.3) is 0 Å². The Balaban J connectivity index is 1.47. The summed E-state index contributed by atoms with van der Waals surface area (Å²) in [5.74, 6) is 0. The lowest BCUT2D eigenvalue weighted by Crippen LogP contribution is -2.37. The van der Waals surface area contributed by atoms with Crippen LogP contribution in [-0.4, -0.2) is 85.4 Å². The summed E-state index contributed by atoms with van der Waals surface area (Å²) in [7, 11) is -3.74. The number of sulfone groups is 1. The molecule has 4 atom stereocenters. The third kappa shape index (κ3) is 5.02. The lowest BCUT2D eigenvalue weighted by atomic mass is 10.1. The Kier molecular flexibility index (Phi) is 5.54. The molecule has 0 N–H and O–H groups in total. The Bertz CT molecular complexity index is 1070. The highest BCUT2D eigenvalue weighted by atomic mass is 32.2. The largest absolute Gasteiger partial charge is 0.371 e. The van der Waals surface area contributed by atoms with Crippen LogP contribution in [0.3, 0.4) is 0 Å². The van der Waals surface area contributed by atoms with Gasteiger partial charge in [-0.15, -0.1) is 0 Å². The van der Waals surface area contributed by atoms with Crippen LogP contribution >= 0.6 is 0 Å². The van der Waals surface area contributed by atoms with E-state index in [0.29, 0.717) is 50.0 Å². The van der Waals surface area contributed by atoms with Crippen molar-refractivity contribution in [2.45, 2.75) is 34.2 Å². The average molecular weight is 473 g/mol. The molecular formula is C24H28N2O6S. The van der Waals surface area contributed by atoms with Gasteiger partial charge in [-0.3, -0.25) is 0 Å². The quantitative estimate of drug-likeness (QED) is 0.432. The molecule has 176 valence electrons. The van der Waals surface area contributed by atoms with Gasteiger partial charge in [-0.25, -0.2) is 8.42 Å². The lowest BCUT2D eigenvalue weighted by molar-refractivity contribution is 0.385. The Morgan fingerprint density at radius 2 is 1.15 bits per heavy atom. The molecule has 0 bridgehead atoms. The third-order valence-electron chi connectivity index (χ3n) is 6.28. The second-order valence-electron chi connectivity index (χ2n) is 9.07. The fraction of sp³-hybridized carbons (Fsp3) is 0.500. The van der Waals surface area contributed by atoms with E-state index in [1.54, 1.807) is 30.3 Å². The molecule has 4 unspecified atom stereocenters. The summed E-state index contributed by atoms with van der Waals surface area (Å²) in [6.45, 7) is 5.51. The standard InChI is InChI=1S/C24H28N2O6S/c27-33(28,21-5-2-1-3-6-21)23-8-4-7-22(25(9-17-13-29-17)10-18-14-30-18)24(23)26(11-19-15-31-19)12-20-16-32-20/h1-8,17-20H,9-16H2. The van der Waals surface area contributed by atoms with E-state index >= 15 is 0 Å². The van der Waals surface area contributed by atoms with Crippen LogP contribution in [0, 0.1) is 0 Å². The van der Waals surface area contributed by atoms with Crippen molar-refractivity contribution in [2.75, 3.05) is 62.4 Å². The summed E-state index contributed by atoms with van der Waals surface area (Å²) in [5.41, 5.74) is 1.60. The first-order chi connectivity index (χ1) is 16.1. The fourth-order valence-corrected chi connectivity index (χ4v) is 5.75. The van der Waals surface area contributed by atoms with Crippen LogP contribution < -0.4 is 9.80 Å². The van der Waals surface area contributed by atoms with Gasteiger partial charge in [-0.05, 0) is 24.3 Å². The van der Waals surface area contributed by atoms with Crippen molar-refractivity contribution in [2.24, 2.45) is 0 Å². The molecule has 8 nitrogen and oxygen atoms in total. The zero-order chi connectivity index (χ0) is 22.4. The maximum absolute atomic E-state index is 13.8. The van der Waals surface area contributed by atoms with Gasteiger partial charge in [0.1, 0.15) is 0 Å². The molecule has 0 spiro atoms.